The maximum absolute atomic E-state index is 12.9. The summed E-state index contributed by atoms with van der Waals surface area (Å²) < 4.78 is 12.9. The highest BCUT2D eigenvalue weighted by molar-refractivity contribution is 5.96. The van der Waals surface area contributed by atoms with Gasteiger partial charge < -0.3 is 9.80 Å². The zero-order valence-electron chi connectivity index (χ0n) is 14.7. The van der Waals surface area contributed by atoms with E-state index in [0.717, 1.165) is 13.1 Å². The van der Waals surface area contributed by atoms with Crippen LogP contribution in [-0.2, 0) is 4.79 Å². The molecule has 1 fully saturated rings. The SMILES string of the molecule is O=C(CCCC(=O)N1CCN(c2ccccc2)CC1)c1ccc(F)cc1. The van der Waals surface area contributed by atoms with Gasteiger partial charge in [-0.15, -0.1) is 0 Å². The summed E-state index contributed by atoms with van der Waals surface area (Å²) in [7, 11) is 0. The fourth-order valence-corrected chi connectivity index (χ4v) is 3.19. The summed E-state index contributed by atoms with van der Waals surface area (Å²) in [5.41, 5.74) is 1.68. The van der Waals surface area contributed by atoms with Crippen LogP contribution in [0, 0.1) is 5.82 Å². The van der Waals surface area contributed by atoms with Gasteiger partial charge in [-0.2, -0.15) is 0 Å². The maximum Gasteiger partial charge on any atom is 0.222 e. The fourth-order valence-electron chi connectivity index (χ4n) is 3.19. The zero-order valence-corrected chi connectivity index (χ0v) is 14.7. The van der Waals surface area contributed by atoms with Crippen LogP contribution in [0.5, 0.6) is 0 Å². The first-order chi connectivity index (χ1) is 12.6. The number of ketones is 1. The number of para-hydroxylation sites is 1. The molecule has 1 heterocycles. The van der Waals surface area contributed by atoms with E-state index in [9.17, 15) is 14.0 Å². The molecule has 0 unspecified atom stereocenters. The lowest BCUT2D eigenvalue weighted by Crippen LogP contribution is -2.48. The Morgan fingerprint density at radius 3 is 2.15 bits per heavy atom. The van der Waals surface area contributed by atoms with Gasteiger partial charge in [0.15, 0.2) is 5.78 Å². The van der Waals surface area contributed by atoms with Crippen LogP contribution >= 0.6 is 0 Å². The summed E-state index contributed by atoms with van der Waals surface area (Å²) in [6.07, 6.45) is 1.20. The number of Topliss-reactive ketones (excluding diaryl/α,β-unsaturated/α-hetero) is 1. The highest BCUT2D eigenvalue weighted by atomic mass is 19.1. The van der Waals surface area contributed by atoms with E-state index < -0.39 is 0 Å². The minimum absolute atomic E-state index is 0.0494. The number of piperazine rings is 1. The Morgan fingerprint density at radius 2 is 1.50 bits per heavy atom. The monoisotopic (exact) mass is 354 g/mol. The minimum Gasteiger partial charge on any atom is -0.368 e. The van der Waals surface area contributed by atoms with Gasteiger partial charge in [0.1, 0.15) is 5.82 Å². The Bertz CT molecular complexity index is 738. The summed E-state index contributed by atoms with van der Waals surface area (Å²) in [5, 5.41) is 0. The Labute approximate surface area is 153 Å². The number of carbonyl (C=O) groups is 2. The van der Waals surface area contributed by atoms with Crippen LogP contribution in [0.25, 0.3) is 0 Å². The van der Waals surface area contributed by atoms with E-state index in [4.69, 9.17) is 0 Å². The van der Waals surface area contributed by atoms with Crippen LogP contribution < -0.4 is 4.90 Å². The zero-order chi connectivity index (χ0) is 18.4. The molecule has 0 aliphatic carbocycles. The molecule has 5 heteroatoms. The number of amides is 1. The lowest BCUT2D eigenvalue weighted by atomic mass is 10.1. The van der Waals surface area contributed by atoms with Gasteiger partial charge in [0.05, 0.1) is 0 Å². The number of rotatable bonds is 6. The Hall–Kier alpha value is -2.69. The van der Waals surface area contributed by atoms with Crippen molar-refractivity contribution in [1.29, 1.82) is 0 Å². The van der Waals surface area contributed by atoms with E-state index in [1.54, 1.807) is 0 Å². The van der Waals surface area contributed by atoms with Crippen molar-refractivity contribution in [3.63, 3.8) is 0 Å². The second kappa shape index (κ2) is 8.61. The molecule has 0 bridgehead atoms. The van der Waals surface area contributed by atoms with Gasteiger partial charge in [-0.05, 0) is 42.8 Å². The molecule has 2 aromatic rings. The Kier molecular flexibility index (Phi) is 6.00. The number of anilines is 1. The molecule has 1 amide bonds. The maximum atomic E-state index is 12.9. The lowest BCUT2D eigenvalue weighted by Gasteiger charge is -2.36. The quantitative estimate of drug-likeness (QED) is 0.745. The van der Waals surface area contributed by atoms with Crippen LogP contribution in [0.2, 0.25) is 0 Å². The molecular formula is C21H23FN2O2. The summed E-state index contributed by atoms with van der Waals surface area (Å²) in [4.78, 5) is 28.6. The minimum atomic E-state index is -0.355. The van der Waals surface area contributed by atoms with Crippen molar-refractivity contribution in [1.82, 2.24) is 4.90 Å². The molecule has 2 aromatic carbocycles. The van der Waals surface area contributed by atoms with Crippen molar-refractivity contribution >= 4 is 17.4 Å². The number of nitrogens with zero attached hydrogens (tertiary/aromatic N) is 2. The summed E-state index contributed by atoms with van der Waals surface area (Å²) in [6, 6.07) is 15.7. The van der Waals surface area contributed by atoms with Crippen LogP contribution in [0.1, 0.15) is 29.6 Å². The van der Waals surface area contributed by atoms with Crippen molar-refractivity contribution in [2.24, 2.45) is 0 Å². The third kappa shape index (κ3) is 4.69. The summed E-state index contributed by atoms with van der Waals surface area (Å²) in [6.45, 7) is 3.06. The van der Waals surface area contributed by atoms with E-state index in [0.29, 0.717) is 37.9 Å². The van der Waals surface area contributed by atoms with Gasteiger partial charge in [0, 0.05) is 50.3 Å². The van der Waals surface area contributed by atoms with Gasteiger partial charge in [-0.1, -0.05) is 18.2 Å². The lowest BCUT2D eigenvalue weighted by molar-refractivity contribution is -0.131. The molecule has 0 N–H and O–H groups in total. The molecule has 1 saturated heterocycles. The van der Waals surface area contributed by atoms with Gasteiger partial charge in [0.25, 0.3) is 0 Å². The van der Waals surface area contributed by atoms with Crippen LogP contribution in [-0.4, -0.2) is 42.8 Å². The van der Waals surface area contributed by atoms with Gasteiger partial charge in [0.2, 0.25) is 5.91 Å². The number of hydrogen-bond acceptors (Lipinski definition) is 3. The van der Waals surface area contributed by atoms with Crippen molar-refractivity contribution in [2.45, 2.75) is 19.3 Å². The predicted molar refractivity (Wildman–Crippen MR) is 99.8 cm³/mol. The van der Waals surface area contributed by atoms with Crippen molar-refractivity contribution in [3.8, 4) is 0 Å². The summed E-state index contributed by atoms with van der Waals surface area (Å²) in [5.74, 6) is -0.303. The highest BCUT2D eigenvalue weighted by Crippen LogP contribution is 2.16. The van der Waals surface area contributed by atoms with Crippen LogP contribution in [0.4, 0.5) is 10.1 Å². The predicted octanol–water partition coefficient (Wildman–Crippen LogP) is 3.53. The first-order valence-electron chi connectivity index (χ1n) is 9.00. The normalized spacial score (nSPS) is 14.3. The molecule has 0 atom stereocenters. The van der Waals surface area contributed by atoms with Gasteiger partial charge in [-0.3, -0.25) is 9.59 Å². The van der Waals surface area contributed by atoms with Crippen molar-refractivity contribution in [2.75, 3.05) is 31.1 Å². The molecule has 3 rings (SSSR count). The Morgan fingerprint density at radius 1 is 0.846 bits per heavy atom. The molecule has 0 radical (unpaired) electrons. The first kappa shape index (κ1) is 18.1. The molecule has 0 aromatic heterocycles. The second-order valence-electron chi connectivity index (χ2n) is 6.49. The number of hydrogen-bond donors (Lipinski definition) is 0. The first-order valence-corrected chi connectivity index (χ1v) is 9.00. The molecule has 0 spiro atoms. The number of halogens is 1. The number of benzene rings is 2. The largest absolute Gasteiger partial charge is 0.368 e. The second-order valence-corrected chi connectivity index (χ2v) is 6.49. The Balaban J connectivity index is 1.40. The van der Waals surface area contributed by atoms with Gasteiger partial charge >= 0.3 is 0 Å². The van der Waals surface area contributed by atoms with Gasteiger partial charge in [-0.25, -0.2) is 4.39 Å². The average molecular weight is 354 g/mol. The van der Waals surface area contributed by atoms with E-state index in [2.05, 4.69) is 17.0 Å². The van der Waals surface area contributed by atoms with Crippen LogP contribution in [0.15, 0.2) is 54.6 Å². The summed E-state index contributed by atoms with van der Waals surface area (Å²) >= 11 is 0. The molecule has 0 saturated carbocycles. The third-order valence-electron chi connectivity index (χ3n) is 4.71. The highest BCUT2D eigenvalue weighted by Gasteiger charge is 2.21. The van der Waals surface area contributed by atoms with Crippen LogP contribution in [0.3, 0.4) is 0 Å². The van der Waals surface area contributed by atoms with Crippen molar-refractivity contribution in [3.05, 3.63) is 66.0 Å². The average Bonchev–Trinajstić information content (AvgIpc) is 2.69. The molecule has 26 heavy (non-hydrogen) atoms. The molecule has 4 nitrogen and oxygen atoms in total. The number of carbonyl (C=O) groups excluding carboxylic acids is 2. The fraction of sp³-hybridized carbons (Fsp3) is 0.333. The third-order valence-corrected chi connectivity index (χ3v) is 4.71. The van der Waals surface area contributed by atoms with E-state index in [1.807, 2.05) is 23.1 Å². The molecule has 1 aliphatic rings. The molecule has 136 valence electrons. The van der Waals surface area contributed by atoms with E-state index >= 15 is 0 Å². The molecular weight excluding hydrogens is 331 g/mol. The smallest absolute Gasteiger partial charge is 0.222 e. The van der Waals surface area contributed by atoms with Crippen molar-refractivity contribution < 1.29 is 14.0 Å². The van der Waals surface area contributed by atoms with E-state index in [-0.39, 0.29) is 17.5 Å². The van der Waals surface area contributed by atoms with E-state index in [1.165, 1.54) is 30.0 Å². The standard InChI is InChI=1S/C21H23FN2O2/c22-18-11-9-17(10-12-18)20(25)7-4-8-21(26)24-15-13-23(14-16-24)19-5-2-1-3-6-19/h1-3,5-6,9-12H,4,7-8,13-16H2. The topological polar surface area (TPSA) is 40.6 Å². The molecule has 1 aliphatic heterocycles.